The largest absolute Gasteiger partial charge is 0.275 e. The van der Waals surface area contributed by atoms with Crippen LogP contribution in [0.1, 0.15) is 23.2 Å². The summed E-state index contributed by atoms with van der Waals surface area (Å²) in [6.45, 7) is 2.01. The Morgan fingerprint density at radius 2 is 2.00 bits per heavy atom. The molecule has 8 heteroatoms. The number of hydrogen-bond donors (Lipinski definition) is 0. The molecular formula is C15H13Cl2N3OS2. The molecule has 3 aromatic rings. The highest BCUT2D eigenvalue weighted by Gasteiger charge is 2.09. The van der Waals surface area contributed by atoms with Crippen molar-refractivity contribution in [2.45, 2.75) is 24.9 Å². The van der Waals surface area contributed by atoms with Crippen LogP contribution in [0.5, 0.6) is 0 Å². The zero-order valence-corrected chi connectivity index (χ0v) is 15.4. The molecule has 0 unspecified atom stereocenters. The minimum Gasteiger partial charge on any atom is -0.267 e. The molecule has 0 saturated carbocycles. The van der Waals surface area contributed by atoms with Crippen molar-refractivity contribution in [1.82, 2.24) is 14.6 Å². The third-order valence-corrected chi connectivity index (χ3v) is 5.95. The summed E-state index contributed by atoms with van der Waals surface area (Å²) in [5, 5.41) is 6.46. The van der Waals surface area contributed by atoms with Gasteiger partial charge < -0.3 is 0 Å². The fraction of sp³-hybridized carbons (Fsp3) is 0.267. The second-order valence-corrected chi connectivity index (χ2v) is 7.66. The smallest absolute Gasteiger partial charge is 0.267 e. The van der Waals surface area contributed by atoms with Gasteiger partial charge in [-0.15, -0.1) is 0 Å². The lowest BCUT2D eigenvalue weighted by molar-refractivity contribution is 0.852. The van der Waals surface area contributed by atoms with E-state index in [1.807, 2.05) is 25.1 Å². The molecule has 120 valence electrons. The van der Waals surface area contributed by atoms with Crippen molar-refractivity contribution in [1.29, 1.82) is 0 Å². The fourth-order valence-corrected chi connectivity index (χ4v) is 4.56. The molecule has 2 aromatic heterocycles. The molecule has 0 amide bonds. The highest BCUT2D eigenvalue weighted by molar-refractivity contribution is 7.97. The van der Waals surface area contributed by atoms with Gasteiger partial charge in [0.25, 0.3) is 5.56 Å². The Balaban J connectivity index is 1.76. The number of benzene rings is 1. The summed E-state index contributed by atoms with van der Waals surface area (Å²) in [6.07, 6.45) is 0.794. The van der Waals surface area contributed by atoms with Gasteiger partial charge in [-0.05, 0) is 24.1 Å². The van der Waals surface area contributed by atoms with Crippen LogP contribution in [-0.4, -0.2) is 14.6 Å². The van der Waals surface area contributed by atoms with Crippen molar-refractivity contribution in [3.63, 3.8) is 0 Å². The van der Waals surface area contributed by atoms with Crippen LogP contribution >= 0.6 is 46.3 Å². The first-order valence-electron chi connectivity index (χ1n) is 6.97. The summed E-state index contributed by atoms with van der Waals surface area (Å²) in [4.78, 5) is 17.2. The van der Waals surface area contributed by atoms with Gasteiger partial charge in [-0.1, -0.05) is 47.5 Å². The van der Waals surface area contributed by atoms with E-state index in [2.05, 4.69) is 10.1 Å². The zero-order valence-electron chi connectivity index (χ0n) is 12.3. The Morgan fingerprint density at radius 3 is 2.70 bits per heavy atom. The predicted octanol–water partition coefficient (Wildman–Crippen LogP) is 4.45. The van der Waals surface area contributed by atoms with Crippen LogP contribution in [0.25, 0.3) is 4.96 Å². The molecule has 2 heterocycles. The molecule has 0 aliphatic heterocycles. The van der Waals surface area contributed by atoms with E-state index in [1.54, 1.807) is 11.8 Å². The van der Waals surface area contributed by atoms with Gasteiger partial charge in [-0.2, -0.15) is 21.4 Å². The number of aryl methyl sites for hydroxylation is 1. The first-order valence-corrected chi connectivity index (χ1v) is 9.70. The second-order valence-electron chi connectivity index (χ2n) is 4.82. The first-order chi connectivity index (χ1) is 11.1. The summed E-state index contributed by atoms with van der Waals surface area (Å²) >= 11 is 15.4. The Morgan fingerprint density at radius 1 is 1.26 bits per heavy atom. The standard InChI is InChI=1S/C15H13Cl2N3OS2/c1-2-13-19-20-14(21)6-9(18-15(20)23-13)7-22-8-10-11(16)4-3-5-12(10)17/h3-6H,2,7-8H2,1H3. The molecule has 0 aliphatic rings. The molecule has 0 aliphatic carbocycles. The van der Waals surface area contributed by atoms with Gasteiger partial charge >= 0.3 is 0 Å². The molecule has 0 radical (unpaired) electrons. The quantitative estimate of drug-likeness (QED) is 0.650. The van der Waals surface area contributed by atoms with Gasteiger partial charge in [0.15, 0.2) is 0 Å². The number of fused-ring (bicyclic) bond motifs is 1. The van der Waals surface area contributed by atoms with Crippen molar-refractivity contribution in [2.75, 3.05) is 0 Å². The molecule has 4 nitrogen and oxygen atoms in total. The van der Waals surface area contributed by atoms with Gasteiger partial charge in [0, 0.05) is 27.6 Å². The Kier molecular flexibility index (Phi) is 5.26. The molecule has 0 spiro atoms. The topological polar surface area (TPSA) is 47.3 Å². The molecule has 1 aromatic carbocycles. The lowest BCUT2D eigenvalue weighted by Gasteiger charge is -2.06. The van der Waals surface area contributed by atoms with E-state index in [4.69, 9.17) is 23.2 Å². The Bertz CT molecular complexity index is 887. The number of hydrogen-bond acceptors (Lipinski definition) is 5. The lowest BCUT2D eigenvalue weighted by atomic mass is 10.2. The minimum atomic E-state index is -0.141. The van der Waals surface area contributed by atoms with Crippen LogP contribution in [0.4, 0.5) is 0 Å². The van der Waals surface area contributed by atoms with E-state index < -0.39 is 0 Å². The molecule has 0 fully saturated rings. The van der Waals surface area contributed by atoms with Crippen LogP contribution in [0.2, 0.25) is 10.0 Å². The summed E-state index contributed by atoms with van der Waals surface area (Å²) in [5.41, 5.74) is 1.51. The SMILES string of the molecule is CCc1nn2c(=O)cc(CSCc3c(Cl)cccc3Cl)nc2s1. The van der Waals surface area contributed by atoms with Crippen LogP contribution < -0.4 is 5.56 Å². The number of halogens is 2. The molecule has 3 rings (SSSR count). The fourth-order valence-electron chi connectivity index (χ4n) is 2.04. The molecule has 0 saturated heterocycles. The van der Waals surface area contributed by atoms with E-state index in [9.17, 15) is 4.79 Å². The van der Waals surface area contributed by atoms with Gasteiger partial charge in [-0.3, -0.25) is 4.79 Å². The summed E-state index contributed by atoms with van der Waals surface area (Å²) < 4.78 is 1.36. The highest BCUT2D eigenvalue weighted by atomic mass is 35.5. The van der Waals surface area contributed by atoms with Crippen molar-refractivity contribution < 1.29 is 0 Å². The Labute approximate surface area is 151 Å². The third-order valence-electron chi connectivity index (χ3n) is 3.20. The third kappa shape index (κ3) is 3.71. The molecule has 0 bridgehead atoms. The summed E-state index contributed by atoms with van der Waals surface area (Å²) in [6, 6.07) is 7.00. The van der Waals surface area contributed by atoms with Crippen molar-refractivity contribution >= 4 is 51.3 Å². The van der Waals surface area contributed by atoms with Gasteiger partial charge in [0.05, 0.1) is 5.69 Å². The van der Waals surface area contributed by atoms with E-state index in [0.717, 1.165) is 22.7 Å². The summed E-state index contributed by atoms with van der Waals surface area (Å²) in [7, 11) is 0. The lowest BCUT2D eigenvalue weighted by Crippen LogP contribution is -2.15. The van der Waals surface area contributed by atoms with Crippen LogP contribution in [0, 0.1) is 0 Å². The molecule has 0 N–H and O–H groups in total. The van der Waals surface area contributed by atoms with E-state index in [-0.39, 0.29) is 5.56 Å². The van der Waals surface area contributed by atoms with Crippen molar-refractivity contribution in [3.05, 3.63) is 60.9 Å². The maximum atomic E-state index is 12.1. The van der Waals surface area contributed by atoms with Gasteiger partial charge in [0.2, 0.25) is 4.96 Å². The number of rotatable bonds is 5. The molecular weight excluding hydrogens is 373 g/mol. The highest BCUT2D eigenvalue weighted by Crippen LogP contribution is 2.29. The Hall–Kier alpha value is -1.08. The minimum absolute atomic E-state index is 0.141. The van der Waals surface area contributed by atoms with Gasteiger partial charge in [-0.25, -0.2) is 4.98 Å². The number of nitrogens with zero attached hydrogens (tertiary/aromatic N) is 3. The average molecular weight is 386 g/mol. The maximum absolute atomic E-state index is 12.1. The van der Waals surface area contributed by atoms with E-state index in [0.29, 0.717) is 26.5 Å². The first kappa shape index (κ1) is 16.8. The van der Waals surface area contributed by atoms with E-state index >= 15 is 0 Å². The zero-order chi connectivity index (χ0) is 16.4. The average Bonchev–Trinajstić information content (AvgIpc) is 2.94. The van der Waals surface area contributed by atoms with Crippen LogP contribution in [-0.2, 0) is 17.9 Å². The molecule has 23 heavy (non-hydrogen) atoms. The summed E-state index contributed by atoms with van der Waals surface area (Å²) in [5.74, 6) is 1.29. The van der Waals surface area contributed by atoms with Gasteiger partial charge in [0.1, 0.15) is 5.01 Å². The van der Waals surface area contributed by atoms with E-state index in [1.165, 1.54) is 21.9 Å². The number of aromatic nitrogens is 3. The number of thioether (sulfide) groups is 1. The normalized spacial score (nSPS) is 11.3. The van der Waals surface area contributed by atoms with Crippen molar-refractivity contribution in [3.8, 4) is 0 Å². The predicted molar refractivity (Wildman–Crippen MR) is 98.0 cm³/mol. The second kappa shape index (κ2) is 7.21. The van der Waals surface area contributed by atoms with Crippen molar-refractivity contribution in [2.24, 2.45) is 0 Å². The monoisotopic (exact) mass is 385 g/mol. The van der Waals surface area contributed by atoms with Crippen LogP contribution in [0.15, 0.2) is 29.1 Å². The van der Waals surface area contributed by atoms with Crippen LogP contribution in [0.3, 0.4) is 0 Å². The molecule has 0 atom stereocenters. The maximum Gasteiger partial charge on any atom is 0.275 e.